The van der Waals surface area contributed by atoms with E-state index in [2.05, 4.69) is 26.1 Å². The van der Waals surface area contributed by atoms with E-state index in [-0.39, 0.29) is 17.8 Å². The molecule has 5 heteroatoms. The van der Waals surface area contributed by atoms with Crippen molar-refractivity contribution in [3.05, 3.63) is 58.6 Å². The van der Waals surface area contributed by atoms with Gasteiger partial charge in [0, 0.05) is 28.0 Å². The second kappa shape index (κ2) is 9.68. The average Bonchev–Trinajstić information content (AvgIpc) is 3.08. The molecule has 0 N–H and O–H groups in total. The fourth-order valence-electron chi connectivity index (χ4n) is 5.42. The summed E-state index contributed by atoms with van der Waals surface area (Å²) in [4.78, 5) is 13.0. The zero-order chi connectivity index (χ0) is 23.6. The molecule has 0 radical (unpaired) electrons. The number of carbonyl (C=O) groups excluding carboxylic acids is 1. The van der Waals surface area contributed by atoms with Gasteiger partial charge in [-0.05, 0) is 44.5 Å². The number of benzene rings is 2. The topological polar surface area (TPSA) is 35.5 Å². The second-order valence-corrected chi connectivity index (χ2v) is 11.2. The third-order valence-electron chi connectivity index (χ3n) is 7.39. The molecule has 2 aliphatic heterocycles. The number of quaternary nitrogens is 1. The summed E-state index contributed by atoms with van der Waals surface area (Å²) in [6.45, 7) is 8.39. The van der Waals surface area contributed by atoms with Crippen LogP contribution in [0.5, 0.6) is 11.5 Å². The van der Waals surface area contributed by atoms with E-state index in [1.807, 2.05) is 44.2 Å². The minimum atomic E-state index is -0.447. The first kappa shape index (κ1) is 24.1. The Balaban J connectivity index is 1.51. The minimum Gasteiger partial charge on any atom is -0.457 e. The molecular formula is C28H37ClNO3+. The number of likely N-dealkylation sites (N-methyl/N-ethyl adjacent to an activating group) is 1. The number of halogens is 1. The van der Waals surface area contributed by atoms with E-state index in [1.54, 1.807) is 0 Å². The second-order valence-electron chi connectivity index (χ2n) is 10.8. The van der Waals surface area contributed by atoms with Crippen LogP contribution in [0.4, 0.5) is 0 Å². The number of hydrogen-bond donors (Lipinski definition) is 0. The first-order valence-electron chi connectivity index (χ1n) is 12.3. The highest BCUT2D eigenvalue weighted by molar-refractivity contribution is 6.30. The smallest absolute Gasteiger partial charge is 0.315 e. The average molecular weight is 471 g/mol. The largest absolute Gasteiger partial charge is 0.457 e. The lowest BCUT2D eigenvalue weighted by atomic mass is 9.84. The summed E-state index contributed by atoms with van der Waals surface area (Å²) in [5, 5.41) is 0.722. The molecule has 4 nitrogen and oxygen atoms in total. The minimum absolute atomic E-state index is 0.0855. The summed E-state index contributed by atoms with van der Waals surface area (Å²) in [7, 11) is 2.20. The molecule has 178 valence electrons. The number of ether oxygens (including phenoxy) is 2. The van der Waals surface area contributed by atoms with Gasteiger partial charge in [-0.2, -0.15) is 0 Å². The van der Waals surface area contributed by atoms with Crippen molar-refractivity contribution in [2.75, 3.05) is 26.9 Å². The highest BCUT2D eigenvalue weighted by Crippen LogP contribution is 2.51. The van der Waals surface area contributed by atoms with Gasteiger partial charge in [0.05, 0.1) is 25.6 Å². The monoisotopic (exact) mass is 470 g/mol. The quantitative estimate of drug-likeness (QED) is 0.231. The summed E-state index contributed by atoms with van der Waals surface area (Å²) in [6, 6.07) is 14.2. The van der Waals surface area contributed by atoms with Crippen LogP contribution in [-0.2, 0) is 9.53 Å². The first-order chi connectivity index (χ1) is 15.7. The van der Waals surface area contributed by atoms with E-state index >= 15 is 0 Å². The van der Waals surface area contributed by atoms with Gasteiger partial charge in [-0.15, -0.1) is 0 Å². The fourth-order valence-corrected chi connectivity index (χ4v) is 5.60. The Kier molecular flexibility index (Phi) is 7.07. The highest BCUT2D eigenvalue weighted by Gasteiger charge is 2.48. The number of likely N-dealkylation sites (tertiary alicyclic amines) is 1. The SMILES string of the molecule is CCCCCCC(C)(C)C(=O)OC[N+]1(C)CC2c3ccccc3Oc3ccc(Cl)cc3C2C1. The van der Waals surface area contributed by atoms with Crippen LogP contribution in [0.3, 0.4) is 0 Å². The van der Waals surface area contributed by atoms with Gasteiger partial charge in [0.15, 0.2) is 0 Å². The zero-order valence-corrected chi connectivity index (χ0v) is 21.2. The molecule has 0 spiro atoms. The standard InChI is InChI=1S/C28H37ClNO3/c1-5-6-7-10-15-28(2,3)27(31)32-19-30(4)17-23-21-11-8-9-12-25(21)33-26-14-13-20(29)16-22(26)24(23)18-30/h8-9,11-14,16,23-24H,5-7,10,15,17-19H2,1-4H3/q+1. The molecule has 0 aromatic heterocycles. The molecule has 0 saturated carbocycles. The molecular weight excluding hydrogens is 434 g/mol. The van der Waals surface area contributed by atoms with Crippen LogP contribution in [-0.4, -0.2) is 37.3 Å². The number of hydrogen-bond acceptors (Lipinski definition) is 3. The van der Waals surface area contributed by atoms with E-state index in [0.717, 1.165) is 48.0 Å². The van der Waals surface area contributed by atoms with Gasteiger partial charge < -0.3 is 9.47 Å². The van der Waals surface area contributed by atoms with Crippen LogP contribution in [0.2, 0.25) is 5.02 Å². The Labute approximate surface area is 203 Å². The van der Waals surface area contributed by atoms with Gasteiger partial charge in [0.1, 0.15) is 11.5 Å². The number of para-hydroxylation sites is 1. The number of fused-ring (bicyclic) bond motifs is 5. The third kappa shape index (κ3) is 5.22. The molecule has 4 rings (SSSR count). The Morgan fingerprint density at radius 2 is 1.76 bits per heavy atom. The van der Waals surface area contributed by atoms with Crippen molar-refractivity contribution in [1.82, 2.24) is 0 Å². The van der Waals surface area contributed by atoms with Crippen LogP contribution in [0, 0.1) is 5.41 Å². The summed E-state index contributed by atoms with van der Waals surface area (Å²) in [6.07, 6.45) is 5.54. The van der Waals surface area contributed by atoms with Crippen LogP contribution < -0.4 is 4.74 Å². The van der Waals surface area contributed by atoms with Crippen LogP contribution in [0.15, 0.2) is 42.5 Å². The van der Waals surface area contributed by atoms with Crippen LogP contribution in [0.25, 0.3) is 0 Å². The third-order valence-corrected chi connectivity index (χ3v) is 7.62. The predicted molar refractivity (Wildman–Crippen MR) is 133 cm³/mol. The highest BCUT2D eigenvalue weighted by atomic mass is 35.5. The maximum absolute atomic E-state index is 13.0. The first-order valence-corrected chi connectivity index (χ1v) is 12.7. The van der Waals surface area contributed by atoms with Crippen molar-refractivity contribution >= 4 is 17.6 Å². The van der Waals surface area contributed by atoms with E-state index < -0.39 is 5.41 Å². The number of carbonyl (C=O) groups is 1. The van der Waals surface area contributed by atoms with Gasteiger partial charge in [0.25, 0.3) is 0 Å². The van der Waals surface area contributed by atoms with Crippen molar-refractivity contribution in [3.63, 3.8) is 0 Å². The molecule has 1 fully saturated rings. The van der Waals surface area contributed by atoms with Gasteiger partial charge in [-0.3, -0.25) is 9.28 Å². The van der Waals surface area contributed by atoms with Gasteiger partial charge in [-0.1, -0.05) is 62.4 Å². The molecule has 2 heterocycles. The van der Waals surface area contributed by atoms with Crippen molar-refractivity contribution in [3.8, 4) is 11.5 Å². The molecule has 0 aliphatic carbocycles. The molecule has 3 unspecified atom stereocenters. The summed E-state index contributed by atoms with van der Waals surface area (Å²) in [5.41, 5.74) is 1.92. The van der Waals surface area contributed by atoms with Crippen LogP contribution >= 0.6 is 11.6 Å². The molecule has 3 atom stereocenters. The van der Waals surface area contributed by atoms with Gasteiger partial charge >= 0.3 is 5.97 Å². The molecule has 2 aromatic carbocycles. The molecule has 0 bridgehead atoms. The van der Waals surface area contributed by atoms with Gasteiger partial charge in [-0.25, -0.2) is 0 Å². The zero-order valence-electron chi connectivity index (χ0n) is 20.4. The van der Waals surface area contributed by atoms with Crippen molar-refractivity contribution < 1.29 is 18.8 Å². The fraction of sp³-hybridized carbons (Fsp3) is 0.536. The Hall–Kier alpha value is -2.04. The summed E-state index contributed by atoms with van der Waals surface area (Å²) < 4.78 is 13.0. The molecule has 0 amide bonds. The number of nitrogens with zero attached hydrogens (tertiary/aromatic N) is 1. The van der Waals surface area contributed by atoms with E-state index in [9.17, 15) is 4.79 Å². The normalized spacial score (nSPS) is 23.7. The number of esters is 1. The van der Waals surface area contributed by atoms with Gasteiger partial charge in [0.2, 0.25) is 6.73 Å². The number of unbranched alkanes of at least 4 members (excludes halogenated alkanes) is 3. The molecule has 33 heavy (non-hydrogen) atoms. The molecule has 1 saturated heterocycles. The number of rotatable bonds is 8. The van der Waals surface area contributed by atoms with Crippen LogP contribution in [0.1, 0.15) is 75.8 Å². The Morgan fingerprint density at radius 1 is 1.06 bits per heavy atom. The lowest BCUT2D eigenvalue weighted by Gasteiger charge is -2.31. The maximum Gasteiger partial charge on any atom is 0.315 e. The molecule has 2 aliphatic rings. The van der Waals surface area contributed by atoms with Crippen molar-refractivity contribution in [1.29, 1.82) is 0 Å². The van der Waals surface area contributed by atoms with Crippen molar-refractivity contribution in [2.24, 2.45) is 5.41 Å². The van der Waals surface area contributed by atoms with E-state index in [1.165, 1.54) is 24.8 Å². The summed E-state index contributed by atoms with van der Waals surface area (Å²) >= 11 is 6.39. The lowest BCUT2D eigenvalue weighted by Crippen LogP contribution is -2.45. The Morgan fingerprint density at radius 3 is 2.52 bits per heavy atom. The summed E-state index contributed by atoms with van der Waals surface area (Å²) in [5.74, 6) is 2.24. The van der Waals surface area contributed by atoms with E-state index in [4.69, 9.17) is 21.1 Å². The lowest BCUT2D eigenvalue weighted by molar-refractivity contribution is -0.915. The van der Waals surface area contributed by atoms with E-state index in [0.29, 0.717) is 11.2 Å². The predicted octanol–water partition coefficient (Wildman–Crippen LogP) is 7.27. The Bertz CT molecular complexity index is 1000. The molecule has 2 aromatic rings. The van der Waals surface area contributed by atoms with Crippen molar-refractivity contribution in [2.45, 2.75) is 64.7 Å². The maximum atomic E-state index is 13.0.